The second kappa shape index (κ2) is 20.6. The third-order valence-corrected chi connectivity index (χ3v) is 9.53. The number of amides is 2. The largest absolute Gasteiger partial charge is 0.480 e. The molecular formula is C39H55N5O4S. The SMILES string of the molecule is CCC(C)[C@@H](CN(CC(=O)N[C@@H](CCSC)C(=O)O)Cc1cccc2ccccc12)NC(=O)Cc1cncn1C/C=C(\C)CCC=C(C)C. The van der Waals surface area contributed by atoms with Crippen LogP contribution in [-0.4, -0.2) is 74.5 Å². The first-order chi connectivity index (χ1) is 23.5. The molecule has 2 aromatic carbocycles. The number of carbonyl (C=O) groups is 3. The molecule has 3 atom stereocenters. The zero-order chi connectivity index (χ0) is 35.8. The lowest BCUT2D eigenvalue weighted by atomic mass is 9.97. The number of aliphatic carboxylic acids is 1. The summed E-state index contributed by atoms with van der Waals surface area (Å²) >= 11 is 1.54. The van der Waals surface area contributed by atoms with Gasteiger partial charge in [-0.3, -0.25) is 14.5 Å². The Morgan fingerprint density at radius 3 is 2.51 bits per heavy atom. The van der Waals surface area contributed by atoms with Crippen molar-refractivity contribution in [1.29, 1.82) is 0 Å². The molecule has 0 bridgehead atoms. The van der Waals surface area contributed by atoms with Crippen molar-refractivity contribution < 1.29 is 19.5 Å². The molecule has 266 valence electrons. The molecule has 10 heteroatoms. The number of allylic oxidation sites excluding steroid dienone is 4. The molecule has 0 aliphatic carbocycles. The number of nitrogens with one attached hydrogen (secondary N) is 2. The first-order valence-corrected chi connectivity index (χ1v) is 18.7. The summed E-state index contributed by atoms with van der Waals surface area (Å²) in [6.45, 7) is 12.1. The van der Waals surface area contributed by atoms with Gasteiger partial charge in [0.05, 0.1) is 19.3 Å². The summed E-state index contributed by atoms with van der Waals surface area (Å²) in [7, 11) is 0. The predicted octanol–water partition coefficient (Wildman–Crippen LogP) is 6.63. The predicted molar refractivity (Wildman–Crippen MR) is 202 cm³/mol. The maximum Gasteiger partial charge on any atom is 0.326 e. The molecule has 1 unspecified atom stereocenters. The van der Waals surface area contributed by atoms with Crippen LogP contribution < -0.4 is 10.6 Å². The van der Waals surface area contributed by atoms with Crippen LogP contribution in [0.25, 0.3) is 10.8 Å². The van der Waals surface area contributed by atoms with Gasteiger partial charge in [-0.25, -0.2) is 9.78 Å². The fraction of sp³-hybridized carbons (Fsp3) is 0.487. The number of hydrogen-bond donors (Lipinski definition) is 3. The van der Waals surface area contributed by atoms with Crippen LogP contribution >= 0.6 is 11.8 Å². The Morgan fingerprint density at radius 2 is 1.80 bits per heavy atom. The van der Waals surface area contributed by atoms with Crippen molar-refractivity contribution in [2.24, 2.45) is 5.92 Å². The monoisotopic (exact) mass is 689 g/mol. The van der Waals surface area contributed by atoms with Gasteiger partial charge in [0, 0.05) is 37.6 Å². The van der Waals surface area contributed by atoms with Gasteiger partial charge in [0.2, 0.25) is 11.8 Å². The van der Waals surface area contributed by atoms with Gasteiger partial charge >= 0.3 is 5.97 Å². The van der Waals surface area contributed by atoms with Gasteiger partial charge in [-0.1, -0.05) is 86.0 Å². The highest BCUT2D eigenvalue weighted by atomic mass is 32.2. The quantitative estimate of drug-likeness (QED) is 0.108. The van der Waals surface area contributed by atoms with Crippen molar-refractivity contribution >= 4 is 40.3 Å². The third-order valence-electron chi connectivity index (χ3n) is 8.89. The van der Waals surface area contributed by atoms with Crippen molar-refractivity contribution in [2.45, 2.75) is 91.9 Å². The van der Waals surface area contributed by atoms with E-state index in [-0.39, 0.29) is 36.7 Å². The molecule has 0 aliphatic rings. The maximum absolute atomic E-state index is 13.6. The minimum Gasteiger partial charge on any atom is -0.480 e. The van der Waals surface area contributed by atoms with Crippen LogP contribution in [0.4, 0.5) is 0 Å². The molecule has 2 amide bonds. The molecule has 0 aliphatic heterocycles. The number of carbonyl (C=O) groups excluding carboxylic acids is 2. The molecule has 49 heavy (non-hydrogen) atoms. The summed E-state index contributed by atoms with van der Waals surface area (Å²) in [6, 6.07) is 13.1. The van der Waals surface area contributed by atoms with Crippen LogP contribution in [0.15, 0.2) is 78.3 Å². The molecule has 0 saturated carbocycles. The van der Waals surface area contributed by atoms with Crippen LogP contribution in [0.1, 0.15) is 71.6 Å². The summed E-state index contributed by atoms with van der Waals surface area (Å²) in [4.78, 5) is 45.1. The summed E-state index contributed by atoms with van der Waals surface area (Å²) in [6.07, 6.45) is 13.2. The smallest absolute Gasteiger partial charge is 0.326 e. The topological polar surface area (TPSA) is 117 Å². The van der Waals surface area contributed by atoms with Crippen molar-refractivity contribution in [3.63, 3.8) is 0 Å². The molecule has 3 N–H and O–H groups in total. The standard InChI is InChI=1S/C39H55N5O4S/c1-7-30(5)36(42-37(45)22-33-23-40-27-44(33)20-18-29(4)13-10-12-28(2)3)25-43(26-38(46)41-35(39(47)48)19-21-49-6)24-32-16-11-15-31-14-8-9-17-34(31)32/h8-9,11-12,14-18,23,27,30,35-36H,7,10,13,19-22,24-26H2,1-6H3,(H,41,46)(H,42,45)(H,47,48)/b29-18+/t30?,35-,36+/m0/s1. The Kier molecular flexibility index (Phi) is 16.6. The number of benzene rings is 2. The summed E-state index contributed by atoms with van der Waals surface area (Å²) < 4.78 is 2.01. The van der Waals surface area contributed by atoms with Crippen LogP contribution in [-0.2, 0) is 33.9 Å². The highest BCUT2D eigenvalue weighted by Crippen LogP contribution is 2.21. The maximum atomic E-state index is 13.6. The van der Waals surface area contributed by atoms with E-state index in [0.717, 1.165) is 41.3 Å². The minimum atomic E-state index is -1.04. The molecule has 0 spiro atoms. The average molecular weight is 690 g/mol. The van der Waals surface area contributed by atoms with Gasteiger partial charge in [-0.2, -0.15) is 11.8 Å². The Bertz CT molecular complexity index is 1570. The Morgan fingerprint density at radius 1 is 1.04 bits per heavy atom. The molecule has 1 aromatic heterocycles. The summed E-state index contributed by atoms with van der Waals surface area (Å²) in [5.74, 6) is -0.734. The Balaban J connectivity index is 1.78. The number of imidazole rings is 1. The van der Waals surface area contributed by atoms with Crippen molar-refractivity contribution in [3.05, 3.63) is 89.5 Å². The number of rotatable bonds is 21. The van der Waals surface area contributed by atoms with Crippen LogP contribution in [0.3, 0.4) is 0 Å². The number of carboxylic acids is 1. The average Bonchev–Trinajstić information content (AvgIpc) is 3.51. The fourth-order valence-electron chi connectivity index (χ4n) is 5.75. The number of aromatic nitrogens is 2. The second-order valence-electron chi connectivity index (χ2n) is 13.2. The van der Waals surface area contributed by atoms with Crippen molar-refractivity contribution in [3.8, 4) is 0 Å². The third kappa shape index (κ3) is 13.5. The number of thioether (sulfide) groups is 1. The molecule has 3 aromatic rings. The van der Waals surface area contributed by atoms with E-state index in [1.165, 1.54) is 11.1 Å². The molecule has 0 radical (unpaired) electrons. The van der Waals surface area contributed by atoms with Gasteiger partial charge in [-0.15, -0.1) is 0 Å². The first kappa shape index (κ1) is 39.5. The van der Waals surface area contributed by atoms with E-state index in [4.69, 9.17) is 0 Å². The molecule has 3 rings (SSSR count). The molecule has 0 fully saturated rings. The Hall–Kier alpha value is -3.89. The second-order valence-corrected chi connectivity index (χ2v) is 14.2. The van der Waals surface area contributed by atoms with Crippen LogP contribution in [0.2, 0.25) is 0 Å². The number of hydrogen-bond acceptors (Lipinski definition) is 6. The van der Waals surface area contributed by atoms with Crippen molar-refractivity contribution in [2.75, 3.05) is 25.1 Å². The Labute approximate surface area is 296 Å². The number of fused-ring (bicyclic) bond motifs is 1. The highest BCUT2D eigenvalue weighted by Gasteiger charge is 2.26. The number of nitrogens with zero attached hydrogens (tertiary/aromatic N) is 3. The van der Waals surface area contributed by atoms with Crippen molar-refractivity contribution in [1.82, 2.24) is 25.1 Å². The lowest BCUT2D eigenvalue weighted by Gasteiger charge is -2.31. The van der Waals surface area contributed by atoms with Gasteiger partial charge in [0.15, 0.2) is 0 Å². The van der Waals surface area contributed by atoms with E-state index in [1.54, 1.807) is 24.3 Å². The number of carboxylic acid groups (broad SMARTS) is 1. The van der Waals surface area contributed by atoms with E-state index >= 15 is 0 Å². The van der Waals surface area contributed by atoms with Gasteiger partial charge in [0.25, 0.3) is 0 Å². The van der Waals surface area contributed by atoms with Gasteiger partial charge in [-0.05, 0) is 74.3 Å². The lowest BCUT2D eigenvalue weighted by molar-refractivity contribution is -0.142. The van der Waals surface area contributed by atoms with E-state index < -0.39 is 12.0 Å². The minimum absolute atomic E-state index is 0.00114. The van der Waals surface area contributed by atoms with E-state index in [2.05, 4.69) is 86.7 Å². The fourth-order valence-corrected chi connectivity index (χ4v) is 6.22. The van der Waals surface area contributed by atoms with Gasteiger partial charge < -0.3 is 20.3 Å². The first-order valence-electron chi connectivity index (χ1n) is 17.3. The normalized spacial score (nSPS) is 13.6. The zero-order valence-electron chi connectivity index (χ0n) is 30.1. The molecular weight excluding hydrogens is 635 g/mol. The van der Waals surface area contributed by atoms with E-state index in [9.17, 15) is 19.5 Å². The zero-order valence-corrected chi connectivity index (χ0v) is 30.9. The van der Waals surface area contributed by atoms with E-state index in [0.29, 0.717) is 31.8 Å². The molecule has 0 saturated heterocycles. The highest BCUT2D eigenvalue weighted by molar-refractivity contribution is 7.98. The van der Waals surface area contributed by atoms with Crippen LogP contribution in [0, 0.1) is 5.92 Å². The summed E-state index contributed by atoms with van der Waals surface area (Å²) in [5, 5.41) is 17.9. The summed E-state index contributed by atoms with van der Waals surface area (Å²) in [5.41, 5.74) is 4.52. The van der Waals surface area contributed by atoms with Crippen LogP contribution in [0.5, 0.6) is 0 Å². The molecule has 9 nitrogen and oxygen atoms in total. The van der Waals surface area contributed by atoms with Gasteiger partial charge in [0.1, 0.15) is 6.04 Å². The molecule has 1 heterocycles. The lowest BCUT2D eigenvalue weighted by Crippen LogP contribution is -2.51. The van der Waals surface area contributed by atoms with E-state index in [1.807, 2.05) is 33.9 Å².